The van der Waals surface area contributed by atoms with Crippen LogP contribution in [0.3, 0.4) is 0 Å². The molecule has 4 rings (SSSR count). The Morgan fingerprint density at radius 3 is 2.47 bits per heavy atom. The number of hydrogen-bond acceptors (Lipinski definition) is 6. The van der Waals surface area contributed by atoms with Gasteiger partial charge in [0.25, 0.3) is 0 Å². The second-order valence-electron chi connectivity index (χ2n) is 6.89. The summed E-state index contributed by atoms with van der Waals surface area (Å²) in [6, 6.07) is 13.2. The number of halogens is 3. The number of ether oxygens (including phenoxy) is 2. The molecule has 0 aliphatic carbocycles. The van der Waals surface area contributed by atoms with Gasteiger partial charge in [-0.15, -0.1) is 0 Å². The van der Waals surface area contributed by atoms with E-state index in [-0.39, 0.29) is 25.2 Å². The Hall–Kier alpha value is -3.20. The van der Waals surface area contributed by atoms with Crippen molar-refractivity contribution in [2.75, 3.05) is 18.5 Å². The van der Waals surface area contributed by atoms with Crippen LogP contribution >= 0.6 is 0 Å². The van der Waals surface area contributed by atoms with E-state index in [1.54, 1.807) is 6.20 Å². The fraction of sp³-hybridized carbons (Fsp3) is 0.286. The molecule has 1 aliphatic heterocycles. The van der Waals surface area contributed by atoms with E-state index in [0.717, 1.165) is 23.0 Å². The molecule has 1 atom stereocenters. The Morgan fingerprint density at radius 2 is 1.87 bits per heavy atom. The lowest BCUT2D eigenvalue weighted by Crippen LogP contribution is -2.39. The smallest absolute Gasteiger partial charge is 0.423 e. The first-order valence-electron chi connectivity index (χ1n) is 9.36. The Balaban J connectivity index is 1.51. The number of hydrogen-bond donors (Lipinski definition) is 1. The van der Waals surface area contributed by atoms with Gasteiger partial charge in [-0.3, -0.25) is 4.98 Å². The van der Waals surface area contributed by atoms with Crippen LogP contribution in [0.2, 0.25) is 0 Å². The Morgan fingerprint density at radius 1 is 1.10 bits per heavy atom. The summed E-state index contributed by atoms with van der Waals surface area (Å²) >= 11 is 0. The van der Waals surface area contributed by atoms with Gasteiger partial charge in [-0.2, -0.15) is 18.2 Å². The minimum atomic E-state index is -4.61. The van der Waals surface area contributed by atoms with Crippen molar-refractivity contribution >= 4 is 5.95 Å². The van der Waals surface area contributed by atoms with Gasteiger partial charge < -0.3 is 14.8 Å². The highest BCUT2D eigenvalue weighted by Gasteiger charge is 2.37. The number of nitrogens with one attached hydrogen (secondary N) is 1. The average Bonchev–Trinajstić information content (AvgIpc) is 2.71. The van der Waals surface area contributed by atoms with Gasteiger partial charge in [0.05, 0.1) is 24.9 Å². The van der Waals surface area contributed by atoms with Gasteiger partial charge in [-0.05, 0) is 24.6 Å². The van der Waals surface area contributed by atoms with Crippen molar-refractivity contribution < 1.29 is 22.6 Å². The number of benzene rings is 1. The third-order valence-electron chi connectivity index (χ3n) is 4.66. The van der Waals surface area contributed by atoms with Crippen LogP contribution in [0, 0.1) is 0 Å². The van der Waals surface area contributed by atoms with Gasteiger partial charge >= 0.3 is 6.18 Å². The molecule has 1 fully saturated rings. The molecule has 0 unspecified atom stereocenters. The first kappa shape index (κ1) is 20.1. The van der Waals surface area contributed by atoms with Crippen LogP contribution in [0.4, 0.5) is 19.1 Å². The highest BCUT2D eigenvalue weighted by atomic mass is 19.4. The zero-order chi connectivity index (χ0) is 21.1. The van der Waals surface area contributed by atoms with Crippen LogP contribution in [0.25, 0.3) is 11.3 Å². The molecule has 1 N–H and O–H groups in total. The van der Waals surface area contributed by atoms with Crippen molar-refractivity contribution in [3.63, 3.8) is 0 Å². The van der Waals surface area contributed by atoms with Crippen LogP contribution in [-0.2, 0) is 10.9 Å². The van der Waals surface area contributed by atoms with E-state index in [4.69, 9.17) is 9.47 Å². The molecule has 1 saturated heterocycles. The van der Waals surface area contributed by atoms with Crippen LogP contribution in [0.1, 0.15) is 24.1 Å². The molecule has 0 saturated carbocycles. The molecule has 156 valence electrons. The zero-order valence-electron chi connectivity index (χ0n) is 16.1. The Bertz CT molecular complexity index is 993. The minimum absolute atomic E-state index is 0.0551. The lowest BCUT2D eigenvalue weighted by atomic mass is 10.0. The second-order valence-corrected chi connectivity index (χ2v) is 6.89. The lowest BCUT2D eigenvalue weighted by molar-refractivity contribution is -0.142. The van der Waals surface area contributed by atoms with Crippen LogP contribution in [0.5, 0.6) is 5.88 Å². The molecule has 9 heteroatoms. The van der Waals surface area contributed by atoms with Gasteiger partial charge in [0, 0.05) is 18.0 Å². The van der Waals surface area contributed by atoms with Crippen molar-refractivity contribution in [2.45, 2.75) is 25.2 Å². The van der Waals surface area contributed by atoms with Gasteiger partial charge in [-0.1, -0.05) is 30.3 Å². The van der Waals surface area contributed by atoms with Gasteiger partial charge in [0.15, 0.2) is 0 Å². The maximum atomic E-state index is 13.2. The lowest BCUT2D eigenvalue weighted by Gasteiger charge is -2.27. The first-order valence-corrected chi connectivity index (χ1v) is 9.36. The van der Waals surface area contributed by atoms with E-state index in [0.29, 0.717) is 0 Å². The maximum Gasteiger partial charge on any atom is 0.423 e. The third-order valence-corrected chi connectivity index (χ3v) is 4.66. The fourth-order valence-corrected chi connectivity index (χ4v) is 2.91. The molecule has 6 nitrogen and oxygen atoms in total. The summed E-state index contributed by atoms with van der Waals surface area (Å²) < 4.78 is 50.0. The summed E-state index contributed by atoms with van der Waals surface area (Å²) in [5.41, 5.74) is 1.74. The standard InChI is InChI=1S/C21H19F3N4O2/c1-13(14-5-7-15(8-6-14)18-4-2-3-9-25-18)27-20-26-10-17(21(22,23)24)19(28-20)30-16-11-29-12-16/h2-10,13,16H,11-12H2,1H3,(H,26,27,28)/t13-/m1/s1. The number of nitrogens with zero attached hydrogens (tertiary/aromatic N) is 3. The van der Waals surface area contributed by atoms with E-state index in [2.05, 4.69) is 20.3 Å². The summed E-state index contributed by atoms with van der Waals surface area (Å²) in [5.74, 6) is -0.439. The van der Waals surface area contributed by atoms with Crippen molar-refractivity contribution in [3.05, 3.63) is 66.0 Å². The minimum Gasteiger partial charge on any atom is -0.469 e. The molecule has 0 bridgehead atoms. The largest absolute Gasteiger partial charge is 0.469 e. The van der Waals surface area contributed by atoms with E-state index in [1.807, 2.05) is 49.4 Å². The zero-order valence-corrected chi connectivity index (χ0v) is 16.1. The maximum absolute atomic E-state index is 13.2. The Kier molecular flexibility index (Phi) is 5.54. The molecular formula is C21H19F3N4O2. The summed E-state index contributed by atoms with van der Waals surface area (Å²) in [4.78, 5) is 12.1. The third kappa shape index (κ3) is 4.51. The number of anilines is 1. The summed E-state index contributed by atoms with van der Waals surface area (Å²) in [7, 11) is 0. The summed E-state index contributed by atoms with van der Waals surface area (Å²) in [6.07, 6.45) is -2.58. The molecule has 0 amide bonds. The van der Waals surface area contributed by atoms with E-state index < -0.39 is 23.7 Å². The van der Waals surface area contributed by atoms with Gasteiger partial charge in [0.1, 0.15) is 11.7 Å². The number of pyridine rings is 1. The Labute approximate surface area is 171 Å². The van der Waals surface area contributed by atoms with E-state index >= 15 is 0 Å². The topological polar surface area (TPSA) is 69.2 Å². The van der Waals surface area contributed by atoms with Crippen LogP contribution in [0.15, 0.2) is 54.9 Å². The second kappa shape index (κ2) is 8.27. The fourth-order valence-electron chi connectivity index (χ4n) is 2.91. The number of aromatic nitrogens is 3. The van der Waals surface area contributed by atoms with Gasteiger partial charge in [0.2, 0.25) is 11.8 Å². The van der Waals surface area contributed by atoms with E-state index in [1.165, 1.54) is 0 Å². The molecular weight excluding hydrogens is 397 g/mol. The molecule has 1 aromatic carbocycles. The van der Waals surface area contributed by atoms with Crippen molar-refractivity contribution in [3.8, 4) is 17.1 Å². The predicted molar refractivity (Wildman–Crippen MR) is 104 cm³/mol. The molecule has 30 heavy (non-hydrogen) atoms. The van der Waals surface area contributed by atoms with Crippen LogP contribution in [-0.4, -0.2) is 34.3 Å². The van der Waals surface area contributed by atoms with Crippen molar-refractivity contribution in [1.82, 2.24) is 15.0 Å². The van der Waals surface area contributed by atoms with Crippen LogP contribution < -0.4 is 10.1 Å². The van der Waals surface area contributed by atoms with Gasteiger partial charge in [-0.25, -0.2) is 4.98 Å². The molecule has 2 aromatic heterocycles. The monoisotopic (exact) mass is 416 g/mol. The van der Waals surface area contributed by atoms with E-state index in [9.17, 15) is 13.2 Å². The summed E-state index contributed by atoms with van der Waals surface area (Å²) in [6.45, 7) is 2.35. The number of rotatable bonds is 6. The quantitative estimate of drug-likeness (QED) is 0.638. The normalized spacial score (nSPS) is 15.3. The SMILES string of the molecule is C[C@@H](Nc1ncc(C(F)(F)F)c(OC2COC2)n1)c1ccc(-c2ccccn2)cc1. The number of alkyl halides is 3. The highest BCUT2D eigenvalue weighted by molar-refractivity contribution is 5.59. The summed E-state index contributed by atoms with van der Waals surface area (Å²) in [5, 5.41) is 3.03. The molecule has 1 aliphatic rings. The molecule has 3 heterocycles. The highest BCUT2D eigenvalue weighted by Crippen LogP contribution is 2.36. The average molecular weight is 416 g/mol. The molecule has 0 radical (unpaired) electrons. The first-order chi connectivity index (χ1) is 14.4. The molecule has 0 spiro atoms. The predicted octanol–water partition coefficient (Wildman–Crippen LogP) is 4.51. The van der Waals surface area contributed by atoms with Crippen molar-refractivity contribution in [2.24, 2.45) is 0 Å². The molecule has 3 aromatic rings. The van der Waals surface area contributed by atoms with Crippen molar-refractivity contribution in [1.29, 1.82) is 0 Å².